The van der Waals surface area contributed by atoms with Crippen molar-refractivity contribution in [3.8, 4) is 0 Å². The van der Waals surface area contributed by atoms with Crippen LogP contribution in [0, 0.1) is 0 Å². The van der Waals surface area contributed by atoms with E-state index < -0.39 is 0 Å². The fourth-order valence-corrected chi connectivity index (χ4v) is 2.88. The molecule has 0 spiro atoms. The number of nitrogens with one attached hydrogen (secondary N) is 2. The molecule has 0 amide bonds. The van der Waals surface area contributed by atoms with Crippen molar-refractivity contribution < 1.29 is 0 Å². The summed E-state index contributed by atoms with van der Waals surface area (Å²) in [4.78, 5) is 10.8. The van der Waals surface area contributed by atoms with Gasteiger partial charge >= 0.3 is 0 Å². The minimum absolute atomic E-state index is 0. The fourth-order valence-electron chi connectivity index (χ4n) is 1.99. The summed E-state index contributed by atoms with van der Waals surface area (Å²) in [5.41, 5.74) is 2.15. The molecule has 5 nitrogen and oxygen atoms in total. The minimum Gasteiger partial charge on any atom is -0.354 e. The molecule has 2 rings (SSSR count). The van der Waals surface area contributed by atoms with Crippen LogP contribution in [-0.4, -0.2) is 32.1 Å². The lowest BCUT2D eigenvalue weighted by Crippen LogP contribution is -2.38. The first-order chi connectivity index (χ1) is 11.0. The molecule has 0 fully saturated rings. The molecule has 0 aliphatic carbocycles. The molecule has 0 radical (unpaired) electrons. The first-order valence-corrected chi connectivity index (χ1v) is 8.59. The summed E-state index contributed by atoms with van der Waals surface area (Å²) >= 11 is 7.56. The number of aromatic nitrogens is 1. The molecule has 8 heteroatoms. The van der Waals surface area contributed by atoms with Crippen molar-refractivity contribution in [1.29, 1.82) is 0 Å². The number of aliphatic imine (C=N–C) groups is 1. The summed E-state index contributed by atoms with van der Waals surface area (Å²) in [6.45, 7) is 2.72. The minimum atomic E-state index is 0. The van der Waals surface area contributed by atoms with Gasteiger partial charge in [0.25, 0.3) is 0 Å². The normalized spacial score (nSPS) is 12.3. The average molecular weight is 480 g/mol. The summed E-state index contributed by atoms with van der Waals surface area (Å²) in [5, 5.41) is 10.4. The molecule has 1 aromatic heterocycles. The lowest BCUT2D eigenvalue weighted by atomic mass is 10.1. The van der Waals surface area contributed by atoms with Crippen LogP contribution >= 0.6 is 46.9 Å². The highest BCUT2D eigenvalue weighted by Gasteiger charge is 2.09. The van der Waals surface area contributed by atoms with Gasteiger partial charge in [0.15, 0.2) is 11.1 Å². The lowest BCUT2D eigenvalue weighted by Gasteiger charge is -2.18. The van der Waals surface area contributed by atoms with Crippen LogP contribution in [0.25, 0.3) is 0 Å². The number of anilines is 1. The third-order valence-electron chi connectivity index (χ3n) is 3.31. The van der Waals surface area contributed by atoms with E-state index in [1.54, 1.807) is 18.4 Å². The van der Waals surface area contributed by atoms with E-state index in [0.717, 1.165) is 27.4 Å². The molecule has 0 aliphatic heterocycles. The van der Waals surface area contributed by atoms with Gasteiger partial charge in [-0.1, -0.05) is 23.7 Å². The van der Waals surface area contributed by atoms with E-state index in [0.29, 0.717) is 6.54 Å². The van der Waals surface area contributed by atoms with Crippen molar-refractivity contribution in [2.45, 2.75) is 19.5 Å². The molecule has 0 saturated carbocycles. The largest absolute Gasteiger partial charge is 0.354 e. The van der Waals surface area contributed by atoms with E-state index in [9.17, 15) is 0 Å². The average Bonchev–Trinajstić information content (AvgIpc) is 3.01. The summed E-state index contributed by atoms with van der Waals surface area (Å²) in [7, 11) is 5.74. The molecule has 2 N–H and O–H groups in total. The summed E-state index contributed by atoms with van der Waals surface area (Å²) in [5.74, 6) is 0.742. The number of nitrogens with zero attached hydrogens (tertiary/aromatic N) is 3. The Kier molecular flexibility index (Phi) is 8.79. The number of hydrogen-bond acceptors (Lipinski definition) is 4. The second-order valence-corrected chi connectivity index (χ2v) is 6.63. The number of hydrogen-bond donors (Lipinski definition) is 2. The van der Waals surface area contributed by atoms with Crippen LogP contribution in [0.2, 0.25) is 5.02 Å². The lowest BCUT2D eigenvalue weighted by molar-refractivity contribution is 0.683. The Morgan fingerprint density at radius 3 is 2.54 bits per heavy atom. The third kappa shape index (κ3) is 6.10. The maximum Gasteiger partial charge on any atom is 0.191 e. The van der Waals surface area contributed by atoms with Crippen molar-refractivity contribution >= 4 is 58.0 Å². The fraction of sp³-hybridized carbons (Fsp3) is 0.375. The molecule has 1 unspecified atom stereocenters. The monoisotopic (exact) mass is 479 g/mol. The summed E-state index contributed by atoms with van der Waals surface area (Å²) in [6.07, 6.45) is 0. The Labute approximate surface area is 169 Å². The molecule has 1 aromatic carbocycles. The molecule has 0 bridgehead atoms. The molecular formula is C16H23ClIN5S. The quantitative estimate of drug-likeness (QED) is 0.388. The standard InChI is InChI=1S/C16H22ClN5S.HI/c1-11(12-5-7-13(17)8-6-12)20-15(18-2)19-9-14-10-23-16(21-14)22(3)4;/h5-8,10-11H,9H2,1-4H3,(H2,18,19,20);1H. The van der Waals surface area contributed by atoms with Gasteiger partial charge in [0.1, 0.15) is 0 Å². The Morgan fingerprint density at radius 1 is 1.33 bits per heavy atom. The van der Waals surface area contributed by atoms with Crippen LogP contribution in [0.15, 0.2) is 34.6 Å². The van der Waals surface area contributed by atoms with E-state index in [-0.39, 0.29) is 30.0 Å². The zero-order valence-electron chi connectivity index (χ0n) is 14.2. The number of benzene rings is 1. The molecule has 132 valence electrons. The van der Waals surface area contributed by atoms with Crippen LogP contribution in [0.1, 0.15) is 24.2 Å². The van der Waals surface area contributed by atoms with E-state index in [1.165, 1.54) is 0 Å². The van der Waals surface area contributed by atoms with Gasteiger partial charge in [0.05, 0.1) is 18.3 Å². The van der Waals surface area contributed by atoms with E-state index in [1.807, 2.05) is 43.3 Å². The zero-order chi connectivity index (χ0) is 16.8. The predicted molar refractivity (Wildman–Crippen MR) is 115 cm³/mol. The van der Waals surface area contributed by atoms with Crippen molar-refractivity contribution in [1.82, 2.24) is 15.6 Å². The van der Waals surface area contributed by atoms with Crippen LogP contribution in [0.5, 0.6) is 0 Å². The van der Waals surface area contributed by atoms with Gasteiger partial charge in [-0.2, -0.15) is 0 Å². The van der Waals surface area contributed by atoms with Crippen molar-refractivity contribution in [3.63, 3.8) is 0 Å². The molecule has 1 heterocycles. The van der Waals surface area contributed by atoms with Gasteiger partial charge in [-0.05, 0) is 24.6 Å². The third-order valence-corrected chi connectivity index (χ3v) is 4.62. The van der Waals surface area contributed by atoms with E-state index in [2.05, 4.69) is 32.9 Å². The first-order valence-electron chi connectivity index (χ1n) is 7.34. The second-order valence-electron chi connectivity index (χ2n) is 5.36. The molecule has 1 atom stereocenters. The number of thiazole rings is 1. The summed E-state index contributed by atoms with van der Waals surface area (Å²) < 4.78 is 0. The highest BCUT2D eigenvalue weighted by Crippen LogP contribution is 2.18. The van der Waals surface area contributed by atoms with Crippen molar-refractivity contribution in [2.75, 3.05) is 26.0 Å². The molecule has 24 heavy (non-hydrogen) atoms. The van der Waals surface area contributed by atoms with Crippen LogP contribution in [0.4, 0.5) is 5.13 Å². The Bertz CT molecular complexity index is 657. The molecule has 0 aliphatic rings. The van der Waals surface area contributed by atoms with Crippen LogP contribution < -0.4 is 15.5 Å². The Hall–Kier alpha value is -1.06. The van der Waals surface area contributed by atoms with Gasteiger partial charge in [0, 0.05) is 31.5 Å². The highest BCUT2D eigenvalue weighted by molar-refractivity contribution is 14.0. The first kappa shape index (κ1) is 21.0. The van der Waals surface area contributed by atoms with Gasteiger partial charge in [-0.15, -0.1) is 35.3 Å². The maximum absolute atomic E-state index is 5.93. The molecular weight excluding hydrogens is 457 g/mol. The highest BCUT2D eigenvalue weighted by atomic mass is 127. The molecule has 2 aromatic rings. The smallest absolute Gasteiger partial charge is 0.191 e. The van der Waals surface area contributed by atoms with Gasteiger partial charge in [0.2, 0.25) is 0 Å². The van der Waals surface area contributed by atoms with Gasteiger partial charge in [-0.25, -0.2) is 4.98 Å². The number of rotatable bonds is 5. The van der Waals surface area contributed by atoms with Crippen molar-refractivity contribution in [2.24, 2.45) is 4.99 Å². The van der Waals surface area contributed by atoms with Crippen molar-refractivity contribution in [3.05, 3.63) is 45.9 Å². The topological polar surface area (TPSA) is 52.6 Å². The zero-order valence-corrected chi connectivity index (χ0v) is 18.1. The van der Waals surface area contributed by atoms with Gasteiger partial charge in [-0.3, -0.25) is 4.99 Å². The molecule has 0 saturated heterocycles. The number of halogens is 2. The van der Waals surface area contributed by atoms with Crippen LogP contribution in [-0.2, 0) is 6.54 Å². The van der Waals surface area contributed by atoms with E-state index >= 15 is 0 Å². The SMILES string of the molecule is CN=C(NCc1csc(N(C)C)n1)NC(C)c1ccc(Cl)cc1.I. The maximum atomic E-state index is 5.93. The number of guanidine groups is 1. The van der Waals surface area contributed by atoms with Crippen LogP contribution in [0.3, 0.4) is 0 Å². The Balaban J connectivity index is 0.00000288. The Morgan fingerprint density at radius 2 is 2.00 bits per heavy atom. The second kappa shape index (κ2) is 10.0. The summed E-state index contributed by atoms with van der Waals surface area (Å²) in [6, 6.07) is 7.94. The van der Waals surface area contributed by atoms with E-state index in [4.69, 9.17) is 11.6 Å². The van der Waals surface area contributed by atoms with Gasteiger partial charge < -0.3 is 15.5 Å². The predicted octanol–water partition coefficient (Wildman–Crippen LogP) is 3.91.